The van der Waals surface area contributed by atoms with Crippen molar-refractivity contribution in [2.75, 3.05) is 26.8 Å². The molecule has 2 amide bonds. The molecule has 1 atom stereocenters. The van der Waals surface area contributed by atoms with Crippen molar-refractivity contribution in [1.29, 1.82) is 0 Å². The van der Waals surface area contributed by atoms with Gasteiger partial charge in [0, 0.05) is 26.8 Å². The Morgan fingerprint density at radius 1 is 1.30 bits per heavy atom. The zero-order valence-corrected chi connectivity index (χ0v) is 12.2. The highest BCUT2D eigenvalue weighted by Gasteiger charge is 2.49. The number of urea groups is 1. The molecule has 1 saturated heterocycles. The molecule has 20 heavy (non-hydrogen) atoms. The number of carboxylic acid groups (broad SMARTS) is 1. The van der Waals surface area contributed by atoms with E-state index in [0.29, 0.717) is 12.5 Å². The van der Waals surface area contributed by atoms with Gasteiger partial charge in [0.25, 0.3) is 0 Å². The second-order valence-corrected chi connectivity index (χ2v) is 6.15. The monoisotopic (exact) mass is 284 g/mol. The lowest BCUT2D eigenvalue weighted by Gasteiger charge is -2.31. The lowest BCUT2D eigenvalue weighted by molar-refractivity contribution is -0.144. The number of nitrogens with one attached hydrogen (secondary N) is 1. The molecule has 6 heteroatoms. The van der Waals surface area contributed by atoms with Crippen LogP contribution in [0.1, 0.15) is 32.6 Å². The zero-order valence-electron chi connectivity index (χ0n) is 12.2. The topological polar surface area (TPSA) is 78.9 Å². The van der Waals surface area contributed by atoms with E-state index in [2.05, 4.69) is 5.32 Å². The van der Waals surface area contributed by atoms with Gasteiger partial charge in [0.15, 0.2) is 0 Å². The van der Waals surface area contributed by atoms with E-state index in [4.69, 9.17) is 4.74 Å². The van der Waals surface area contributed by atoms with Crippen molar-refractivity contribution in [3.63, 3.8) is 0 Å². The standard InChI is InChI=1S/C14H24N2O4/c1-14(12(17)18,11-3-4-11)15-13(19)16(2)9-10-5-7-20-8-6-10/h10-11H,3-9H2,1-2H3,(H,15,19)(H,17,18). The maximum absolute atomic E-state index is 12.2. The minimum atomic E-state index is -1.14. The van der Waals surface area contributed by atoms with E-state index in [9.17, 15) is 14.7 Å². The van der Waals surface area contributed by atoms with E-state index < -0.39 is 11.5 Å². The summed E-state index contributed by atoms with van der Waals surface area (Å²) in [6.07, 6.45) is 3.65. The highest BCUT2D eigenvalue weighted by molar-refractivity contribution is 5.86. The Morgan fingerprint density at radius 3 is 2.40 bits per heavy atom. The maximum atomic E-state index is 12.2. The first-order chi connectivity index (χ1) is 9.43. The molecule has 1 aliphatic heterocycles. The van der Waals surface area contributed by atoms with Crippen LogP contribution in [-0.4, -0.2) is 54.4 Å². The number of hydrogen-bond donors (Lipinski definition) is 2. The normalized spacial score (nSPS) is 22.9. The summed E-state index contributed by atoms with van der Waals surface area (Å²) >= 11 is 0. The van der Waals surface area contributed by atoms with E-state index in [1.165, 1.54) is 0 Å². The van der Waals surface area contributed by atoms with Gasteiger partial charge in [0.1, 0.15) is 5.54 Å². The van der Waals surface area contributed by atoms with Gasteiger partial charge in [-0.25, -0.2) is 9.59 Å². The predicted molar refractivity (Wildman–Crippen MR) is 73.5 cm³/mol. The van der Waals surface area contributed by atoms with Gasteiger partial charge < -0.3 is 20.1 Å². The number of nitrogens with zero attached hydrogens (tertiary/aromatic N) is 1. The molecule has 6 nitrogen and oxygen atoms in total. The zero-order chi connectivity index (χ0) is 14.8. The molecule has 2 N–H and O–H groups in total. The van der Waals surface area contributed by atoms with Crippen molar-refractivity contribution in [3.8, 4) is 0 Å². The molecule has 1 heterocycles. The Hall–Kier alpha value is -1.30. The first-order valence-corrected chi connectivity index (χ1v) is 7.28. The highest BCUT2D eigenvalue weighted by Crippen LogP contribution is 2.39. The van der Waals surface area contributed by atoms with Gasteiger partial charge in [-0.3, -0.25) is 0 Å². The van der Waals surface area contributed by atoms with E-state index in [-0.39, 0.29) is 11.9 Å². The van der Waals surface area contributed by atoms with Crippen LogP contribution in [0.2, 0.25) is 0 Å². The van der Waals surface area contributed by atoms with Crippen molar-refractivity contribution in [2.45, 2.75) is 38.1 Å². The third-order valence-electron chi connectivity index (χ3n) is 4.42. The minimum absolute atomic E-state index is 0.0560. The van der Waals surface area contributed by atoms with Gasteiger partial charge in [0.2, 0.25) is 0 Å². The fraction of sp³-hybridized carbons (Fsp3) is 0.857. The van der Waals surface area contributed by atoms with Crippen LogP contribution in [0.4, 0.5) is 4.79 Å². The molecule has 0 aromatic carbocycles. The van der Waals surface area contributed by atoms with E-state index >= 15 is 0 Å². The number of rotatable bonds is 5. The molecule has 0 bridgehead atoms. The summed E-state index contributed by atoms with van der Waals surface area (Å²) in [4.78, 5) is 25.2. The summed E-state index contributed by atoms with van der Waals surface area (Å²) in [7, 11) is 1.72. The third kappa shape index (κ3) is 3.42. The Labute approximate surface area is 119 Å². The van der Waals surface area contributed by atoms with Crippen LogP contribution in [-0.2, 0) is 9.53 Å². The average Bonchev–Trinajstić information content (AvgIpc) is 3.24. The number of hydrogen-bond acceptors (Lipinski definition) is 3. The summed E-state index contributed by atoms with van der Waals surface area (Å²) in [5, 5.41) is 12.0. The molecule has 0 spiro atoms. The van der Waals surface area contributed by atoms with Gasteiger partial charge in [-0.15, -0.1) is 0 Å². The second-order valence-electron chi connectivity index (χ2n) is 6.15. The van der Waals surface area contributed by atoms with Crippen molar-refractivity contribution in [3.05, 3.63) is 0 Å². The fourth-order valence-corrected chi connectivity index (χ4v) is 2.71. The highest BCUT2D eigenvalue weighted by atomic mass is 16.5. The van der Waals surface area contributed by atoms with Gasteiger partial charge in [0.05, 0.1) is 0 Å². The molecule has 1 unspecified atom stereocenters. The fourth-order valence-electron chi connectivity index (χ4n) is 2.71. The van der Waals surface area contributed by atoms with Gasteiger partial charge in [-0.2, -0.15) is 0 Å². The van der Waals surface area contributed by atoms with Gasteiger partial charge in [-0.1, -0.05) is 0 Å². The van der Waals surface area contributed by atoms with Crippen LogP contribution in [0.3, 0.4) is 0 Å². The summed E-state index contributed by atoms with van der Waals surface area (Å²) in [5.74, 6) is -0.454. The smallest absolute Gasteiger partial charge is 0.329 e. The van der Waals surface area contributed by atoms with Crippen molar-refractivity contribution >= 4 is 12.0 Å². The van der Waals surface area contributed by atoms with Crippen molar-refractivity contribution in [1.82, 2.24) is 10.2 Å². The number of carboxylic acids is 1. The molecule has 0 aromatic heterocycles. The molecule has 1 aliphatic carbocycles. The number of aliphatic carboxylic acids is 1. The first-order valence-electron chi connectivity index (χ1n) is 7.28. The van der Waals surface area contributed by atoms with Crippen molar-refractivity contribution in [2.24, 2.45) is 11.8 Å². The first kappa shape index (κ1) is 15.1. The molecular formula is C14H24N2O4. The van der Waals surface area contributed by atoms with Crippen LogP contribution < -0.4 is 5.32 Å². The van der Waals surface area contributed by atoms with E-state index in [0.717, 1.165) is 38.9 Å². The van der Waals surface area contributed by atoms with Crippen molar-refractivity contribution < 1.29 is 19.4 Å². The number of amides is 2. The average molecular weight is 284 g/mol. The molecule has 114 valence electrons. The summed E-state index contributed by atoms with van der Waals surface area (Å²) in [6.45, 7) is 3.74. The quantitative estimate of drug-likeness (QED) is 0.798. The maximum Gasteiger partial charge on any atom is 0.329 e. The molecule has 2 aliphatic rings. The minimum Gasteiger partial charge on any atom is -0.480 e. The van der Waals surface area contributed by atoms with Gasteiger partial charge >= 0.3 is 12.0 Å². The largest absolute Gasteiger partial charge is 0.480 e. The number of carbonyl (C=O) groups is 2. The summed E-state index contributed by atoms with van der Waals surface area (Å²) in [6, 6.07) is -0.298. The number of ether oxygens (including phenoxy) is 1. The Kier molecular flexibility index (Phi) is 4.52. The molecule has 0 radical (unpaired) electrons. The molecule has 0 aromatic rings. The molecule has 1 saturated carbocycles. The third-order valence-corrected chi connectivity index (χ3v) is 4.42. The predicted octanol–water partition coefficient (Wildman–Crippen LogP) is 1.31. The second kappa shape index (κ2) is 5.99. The van der Waals surface area contributed by atoms with Gasteiger partial charge in [-0.05, 0) is 44.4 Å². The Morgan fingerprint density at radius 2 is 1.90 bits per heavy atom. The SMILES string of the molecule is CN(CC1CCOCC1)C(=O)NC(C)(C(=O)O)C1CC1. The lowest BCUT2D eigenvalue weighted by atomic mass is 9.96. The van der Waals surface area contributed by atoms with Crippen LogP contribution in [0, 0.1) is 11.8 Å². The van der Waals surface area contributed by atoms with E-state index in [1.54, 1.807) is 18.9 Å². The number of carbonyl (C=O) groups excluding carboxylic acids is 1. The molecule has 2 rings (SSSR count). The van der Waals surface area contributed by atoms with E-state index in [1.807, 2.05) is 0 Å². The van der Waals surface area contributed by atoms with Crippen LogP contribution in [0.15, 0.2) is 0 Å². The van der Waals surface area contributed by atoms with Crippen LogP contribution >= 0.6 is 0 Å². The lowest BCUT2D eigenvalue weighted by Crippen LogP contribution is -2.57. The Balaban J connectivity index is 1.87. The molecular weight excluding hydrogens is 260 g/mol. The van der Waals surface area contributed by atoms with Crippen LogP contribution in [0.5, 0.6) is 0 Å². The summed E-state index contributed by atoms with van der Waals surface area (Å²) < 4.78 is 5.30. The van der Waals surface area contributed by atoms with Crippen LogP contribution in [0.25, 0.3) is 0 Å². The summed E-state index contributed by atoms with van der Waals surface area (Å²) in [5.41, 5.74) is -1.14. The molecule has 2 fully saturated rings. The Bertz CT molecular complexity index is 377.